The van der Waals surface area contributed by atoms with Crippen LogP contribution in [0, 0.1) is 0 Å². The molecule has 2 aromatic carbocycles. The summed E-state index contributed by atoms with van der Waals surface area (Å²) in [5, 5.41) is 0.517. The highest BCUT2D eigenvalue weighted by molar-refractivity contribution is 5.99. The maximum Gasteiger partial charge on any atom is 0.291 e. The molecule has 0 unspecified atom stereocenters. The molecule has 6 heteroatoms. The number of carbonyl (C=O) groups is 1. The molecule has 0 bridgehead atoms. The molecule has 0 aliphatic carbocycles. The molecule has 1 atom stereocenters. The van der Waals surface area contributed by atoms with Crippen molar-refractivity contribution in [2.45, 2.75) is 25.8 Å². The zero-order valence-corrected chi connectivity index (χ0v) is 18.6. The maximum atomic E-state index is 13.5. The Morgan fingerprint density at radius 2 is 1.75 bits per heavy atom. The van der Waals surface area contributed by atoms with E-state index in [-0.39, 0.29) is 17.1 Å². The number of fused-ring (bicyclic) bond motifs is 2. The third-order valence-corrected chi connectivity index (χ3v) is 6.70. The summed E-state index contributed by atoms with van der Waals surface area (Å²) in [7, 11) is 0. The summed E-state index contributed by atoms with van der Waals surface area (Å²) < 4.78 is 11.5. The van der Waals surface area contributed by atoms with Gasteiger partial charge in [0.2, 0.25) is 5.76 Å². The third-order valence-electron chi connectivity index (χ3n) is 6.70. The molecule has 0 radical (unpaired) electrons. The Kier molecular flexibility index (Phi) is 5.57. The van der Waals surface area contributed by atoms with Crippen molar-refractivity contribution < 1.29 is 18.8 Å². The fourth-order valence-electron chi connectivity index (χ4n) is 4.80. The van der Waals surface area contributed by atoms with E-state index in [9.17, 15) is 9.59 Å². The second kappa shape index (κ2) is 8.52. The summed E-state index contributed by atoms with van der Waals surface area (Å²) in [6, 6.07) is 15.0. The summed E-state index contributed by atoms with van der Waals surface area (Å²) in [5.41, 5.74) is 2.98. The van der Waals surface area contributed by atoms with Crippen LogP contribution in [0.4, 0.5) is 0 Å². The number of morpholine rings is 1. The van der Waals surface area contributed by atoms with E-state index >= 15 is 0 Å². The van der Waals surface area contributed by atoms with E-state index in [1.54, 1.807) is 12.1 Å². The molecule has 1 saturated heterocycles. The number of benzene rings is 2. The van der Waals surface area contributed by atoms with Gasteiger partial charge in [-0.3, -0.25) is 9.59 Å². The zero-order chi connectivity index (χ0) is 22.2. The summed E-state index contributed by atoms with van der Waals surface area (Å²) in [6.07, 6.45) is 0. The topological polar surface area (TPSA) is 64.2 Å². The predicted molar refractivity (Wildman–Crippen MR) is 122 cm³/mol. The number of rotatable bonds is 5. The Labute approximate surface area is 187 Å². The molecule has 166 valence electrons. The van der Waals surface area contributed by atoms with Crippen molar-refractivity contribution in [2.24, 2.45) is 0 Å². The van der Waals surface area contributed by atoms with Crippen LogP contribution in [0.5, 0.6) is 0 Å². The van der Waals surface area contributed by atoms with Gasteiger partial charge in [0.05, 0.1) is 43.3 Å². The molecule has 2 aliphatic rings. The van der Waals surface area contributed by atoms with Crippen LogP contribution in [0.25, 0.3) is 11.0 Å². The van der Waals surface area contributed by atoms with E-state index in [1.807, 2.05) is 29.2 Å². The van der Waals surface area contributed by atoms with Crippen molar-refractivity contribution in [3.63, 3.8) is 0 Å². The quantitative estimate of drug-likeness (QED) is 0.671. The van der Waals surface area contributed by atoms with Gasteiger partial charge < -0.3 is 19.0 Å². The largest absolute Gasteiger partial charge is 0.450 e. The first kappa shape index (κ1) is 20.9. The summed E-state index contributed by atoms with van der Waals surface area (Å²) in [4.78, 5) is 30.2. The number of nitrogens with zero attached hydrogens (tertiary/aromatic N) is 1. The van der Waals surface area contributed by atoms with Crippen LogP contribution in [0.2, 0.25) is 0 Å². The lowest BCUT2D eigenvalue weighted by molar-refractivity contribution is -0.907. The summed E-state index contributed by atoms with van der Waals surface area (Å²) in [5.74, 6) is 0.397. The Bertz CT molecular complexity index is 1190. The van der Waals surface area contributed by atoms with Crippen molar-refractivity contribution in [2.75, 3.05) is 39.4 Å². The molecule has 3 heterocycles. The summed E-state index contributed by atoms with van der Waals surface area (Å²) >= 11 is 0. The van der Waals surface area contributed by atoms with Gasteiger partial charge in [-0.1, -0.05) is 50.2 Å². The Balaban J connectivity index is 1.58. The number of amides is 1. The van der Waals surface area contributed by atoms with Crippen molar-refractivity contribution in [3.05, 3.63) is 81.2 Å². The number of hydrogen-bond acceptors (Lipinski definition) is 4. The van der Waals surface area contributed by atoms with E-state index in [4.69, 9.17) is 9.15 Å². The predicted octanol–water partition coefficient (Wildman–Crippen LogP) is 2.38. The number of ether oxygens (including phenoxy) is 1. The number of hydrogen-bond donors (Lipinski definition) is 1. The van der Waals surface area contributed by atoms with Gasteiger partial charge in [-0.15, -0.1) is 0 Å². The van der Waals surface area contributed by atoms with Gasteiger partial charge >= 0.3 is 0 Å². The Hall–Kier alpha value is -2.96. The second-order valence-electron chi connectivity index (χ2n) is 9.00. The van der Waals surface area contributed by atoms with E-state index in [2.05, 4.69) is 26.0 Å². The minimum Gasteiger partial charge on any atom is -0.450 e. The Morgan fingerprint density at radius 1 is 1.03 bits per heavy atom. The highest BCUT2D eigenvalue weighted by Crippen LogP contribution is 2.38. The molecule has 5 rings (SSSR count). The lowest BCUT2D eigenvalue weighted by Crippen LogP contribution is -3.14. The smallest absolute Gasteiger partial charge is 0.291 e. The molecule has 0 saturated carbocycles. The van der Waals surface area contributed by atoms with E-state index in [0.717, 1.165) is 38.4 Å². The number of para-hydroxylation sites is 1. The average Bonchev–Trinajstić information content (AvgIpc) is 3.10. The van der Waals surface area contributed by atoms with Crippen molar-refractivity contribution >= 4 is 16.9 Å². The Morgan fingerprint density at radius 3 is 2.47 bits per heavy atom. The molecule has 1 amide bonds. The fourth-order valence-corrected chi connectivity index (χ4v) is 4.80. The highest BCUT2D eigenvalue weighted by atomic mass is 16.5. The van der Waals surface area contributed by atoms with E-state index in [1.165, 1.54) is 10.5 Å². The van der Waals surface area contributed by atoms with Crippen LogP contribution < -0.4 is 10.3 Å². The van der Waals surface area contributed by atoms with Gasteiger partial charge in [0.15, 0.2) is 5.43 Å². The second-order valence-corrected chi connectivity index (χ2v) is 9.00. The van der Waals surface area contributed by atoms with Crippen LogP contribution in [0.3, 0.4) is 0 Å². The number of nitrogens with one attached hydrogen (secondary N) is 1. The molecule has 3 aromatic rings. The fraction of sp³-hybridized carbons (Fsp3) is 0.385. The molecular formula is C26H29N2O4+. The maximum absolute atomic E-state index is 13.5. The van der Waals surface area contributed by atoms with Gasteiger partial charge in [0, 0.05) is 0 Å². The average molecular weight is 434 g/mol. The first-order valence-electron chi connectivity index (χ1n) is 11.4. The number of quaternary nitrogens is 1. The van der Waals surface area contributed by atoms with Gasteiger partial charge in [-0.25, -0.2) is 0 Å². The molecule has 6 nitrogen and oxygen atoms in total. The first-order chi connectivity index (χ1) is 15.5. The van der Waals surface area contributed by atoms with Crippen molar-refractivity contribution in [1.29, 1.82) is 0 Å². The van der Waals surface area contributed by atoms with Crippen LogP contribution in [-0.4, -0.2) is 50.2 Å². The molecular weight excluding hydrogens is 404 g/mol. The van der Waals surface area contributed by atoms with E-state index in [0.29, 0.717) is 29.0 Å². The van der Waals surface area contributed by atoms with Gasteiger partial charge in [-0.05, 0) is 29.2 Å². The molecule has 0 spiro atoms. The standard InChI is InChI=1S/C26H28N2O4/c1-17(2)18-7-9-19(10-8-18)23-22-24(29)20-5-3-4-6-21(20)32-25(22)26(30)28(23)12-11-27-13-15-31-16-14-27/h3-10,17,23H,11-16H2,1-2H3/p+1/t23-/m1/s1. The first-order valence-corrected chi connectivity index (χ1v) is 11.4. The van der Waals surface area contributed by atoms with E-state index < -0.39 is 6.04 Å². The zero-order valence-electron chi connectivity index (χ0n) is 18.6. The molecule has 32 heavy (non-hydrogen) atoms. The lowest BCUT2D eigenvalue weighted by atomic mass is 9.95. The highest BCUT2D eigenvalue weighted by Gasteiger charge is 2.43. The van der Waals surface area contributed by atoms with Crippen LogP contribution in [0.1, 0.15) is 53.1 Å². The van der Waals surface area contributed by atoms with Crippen molar-refractivity contribution in [3.8, 4) is 0 Å². The molecule has 1 fully saturated rings. The SMILES string of the molecule is CC(C)c1ccc([C@@H]2c3c(oc4ccccc4c3=O)C(=O)N2CC[NH+]2CCOCC2)cc1. The van der Waals surface area contributed by atoms with Crippen molar-refractivity contribution in [1.82, 2.24) is 4.90 Å². The normalized spacial score (nSPS) is 19.2. The van der Waals surface area contributed by atoms with Crippen LogP contribution in [0.15, 0.2) is 57.7 Å². The van der Waals surface area contributed by atoms with Gasteiger partial charge in [-0.2, -0.15) is 0 Å². The van der Waals surface area contributed by atoms with Crippen LogP contribution >= 0.6 is 0 Å². The monoisotopic (exact) mass is 433 g/mol. The minimum absolute atomic E-state index is 0.116. The van der Waals surface area contributed by atoms with Gasteiger partial charge in [0.1, 0.15) is 18.7 Å². The number of carbonyl (C=O) groups excluding carboxylic acids is 1. The molecule has 1 N–H and O–H groups in total. The summed E-state index contributed by atoms with van der Waals surface area (Å²) in [6.45, 7) is 9.04. The molecule has 1 aromatic heterocycles. The van der Waals surface area contributed by atoms with Crippen LogP contribution in [-0.2, 0) is 4.74 Å². The molecule has 2 aliphatic heterocycles. The minimum atomic E-state index is -0.431. The third kappa shape index (κ3) is 3.63. The van der Waals surface area contributed by atoms with Gasteiger partial charge in [0.25, 0.3) is 5.91 Å². The lowest BCUT2D eigenvalue weighted by Gasteiger charge is -2.29.